The van der Waals surface area contributed by atoms with E-state index in [1.165, 1.54) is 0 Å². The molecule has 2 rings (SSSR count). The van der Waals surface area contributed by atoms with Gasteiger partial charge in [-0.1, -0.05) is 0 Å². The number of nitrogens with one attached hydrogen (secondary N) is 1. The van der Waals surface area contributed by atoms with Gasteiger partial charge < -0.3 is 19.5 Å². The third-order valence-electron chi connectivity index (χ3n) is 3.69. The molecule has 6 heteroatoms. The first-order valence-corrected chi connectivity index (χ1v) is 8.57. The van der Waals surface area contributed by atoms with Gasteiger partial charge in [-0.05, 0) is 45.0 Å². The lowest BCUT2D eigenvalue weighted by atomic mass is 10.2. The van der Waals surface area contributed by atoms with Crippen molar-refractivity contribution in [2.45, 2.75) is 33.0 Å². The van der Waals surface area contributed by atoms with Gasteiger partial charge in [0.25, 0.3) is 0 Å². The first-order chi connectivity index (χ1) is 11.6. The largest absolute Gasteiger partial charge is 0.494 e. The summed E-state index contributed by atoms with van der Waals surface area (Å²) >= 11 is 0. The number of hydrogen-bond donors (Lipinski definition) is 1. The molecule has 2 atom stereocenters. The Balaban J connectivity index is 1.62. The van der Waals surface area contributed by atoms with Crippen LogP contribution in [0.5, 0.6) is 11.5 Å². The third-order valence-corrected chi connectivity index (χ3v) is 3.69. The molecule has 0 spiro atoms. The molecule has 24 heavy (non-hydrogen) atoms. The highest BCUT2D eigenvalue weighted by Gasteiger charge is 2.23. The van der Waals surface area contributed by atoms with Crippen LogP contribution in [0.1, 0.15) is 20.8 Å². The van der Waals surface area contributed by atoms with Crippen LogP contribution in [0.15, 0.2) is 24.3 Å². The molecule has 1 N–H and O–H groups in total. The van der Waals surface area contributed by atoms with Crippen molar-refractivity contribution >= 4 is 5.91 Å². The summed E-state index contributed by atoms with van der Waals surface area (Å²) in [6.45, 7) is 9.58. The second-order valence-electron chi connectivity index (χ2n) is 6.05. The lowest BCUT2D eigenvalue weighted by Gasteiger charge is -2.34. The Morgan fingerprint density at radius 1 is 1.17 bits per heavy atom. The molecule has 0 aromatic heterocycles. The zero-order valence-corrected chi connectivity index (χ0v) is 14.8. The number of morpholine rings is 1. The summed E-state index contributed by atoms with van der Waals surface area (Å²) in [5.74, 6) is 1.61. The van der Waals surface area contributed by atoms with Crippen molar-refractivity contribution in [3.8, 4) is 11.5 Å². The van der Waals surface area contributed by atoms with Gasteiger partial charge in [-0.3, -0.25) is 9.69 Å². The van der Waals surface area contributed by atoms with Crippen LogP contribution in [0.25, 0.3) is 0 Å². The Labute approximate surface area is 144 Å². The molecular weight excluding hydrogens is 308 g/mol. The van der Waals surface area contributed by atoms with E-state index in [1.807, 2.05) is 45.0 Å². The first kappa shape index (κ1) is 18.5. The van der Waals surface area contributed by atoms with E-state index in [0.717, 1.165) is 24.6 Å². The fourth-order valence-corrected chi connectivity index (χ4v) is 2.83. The van der Waals surface area contributed by atoms with E-state index >= 15 is 0 Å². The maximum atomic E-state index is 12.0. The smallest absolute Gasteiger partial charge is 0.234 e. The second kappa shape index (κ2) is 9.49. The van der Waals surface area contributed by atoms with Gasteiger partial charge in [0.1, 0.15) is 18.1 Å². The molecule has 0 saturated carbocycles. The fraction of sp³-hybridized carbons (Fsp3) is 0.611. The number of hydrogen-bond acceptors (Lipinski definition) is 5. The minimum absolute atomic E-state index is 0.0200. The van der Waals surface area contributed by atoms with Gasteiger partial charge in [-0.2, -0.15) is 0 Å². The summed E-state index contributed by atoms with van der Waals surface area (Å²) in [6, 6.07) is 7.48. The third kappa shape index (κ3) is 6.37. The number of carbonyl (C=O) groups is 1. The summed E-state index contributed by atoms with van der Waals surface area (Å²) in [5.41, 5.74) is 0. The molecule has 0 aliphatic carbocycles. The van der Waals surface area contributed by atoms with Crippen LogP contribution in [0.3, 0.4) is 0 Å². The minimum atomic E-state index is 0.0200. The summed E-state index contributed by atoms with van der Waals surface area (Å²) in [5, 5.41) is 2.89. The molecule has 1 aliphatic rings. The number of rotatable bonds is 8. The van der Waals surface area contributed by atoms with Crippen LogP contribution in [0, 0.1) is 0 Å². The molecule has 0 unspecified atom stereocenters. The first-order valence-electron chi connectivity index (χ1n) is 8.57. The van der Waals surface area contributed by atoms with E-state index in [-0.39, 0.29) is 18.1 Å². The summed E-state index contributed by atoms with van der Waals surface area (Å²) in [6.07, 6.45) is 0.342. The maximum absolute atomic E-state index is 12.0. The van der Waals surface area contributed by atoms with Gasteiger partial charge in [0.05, 0.1) is 31.9 Å². The summed E-state index contributed by atoms with van der Waals surface area (Å²) in [7, 11) is 0. The van der Waals surface area contributed by atoms with Crippen LogP contribution >= 0.6 is 0 Å². The highest BCUT2D eigenvalue weighted by molar-refractivity contribution is 5.78. The van der Waals surface area contributed by atoms with Crippen molar-refractivity contribution in [2.75, 3.05) is 39.4 Å². The van der Waals surface area contributed by atoms with Crippen LogP contribution in [0.2, 0.25) is 0 Å². The highest BCUT2D eigenvalue weighted by atomic mass is 16.5. The Kier molecular flexibility index (Phi) is 7.34. The maximum Gasteiger partial charge on any atom is 0.234 e. The molecule has 1 fully saturated rings. The predicted molar refractivity (Wildman–Crippen MR) is 92.6 cm³/mol. The molecule has 1 aromatic rings. The van der Waals surface area contributed by atoms with Crippen molar-refractivity contribution in [1.82, 2.24) is 10.2 Å². The normalized spacial score (nSPS) is 21.3. The Morgan fingerprint density at radius 2 is 1.75 bits per heavy atom. The van der Waals surface area contributed by atoms with Crippen LogP contribution in [-0.4, -0.2) is 62.4 Å². The highest BCUT2D eigenvalue weighted by Crippen LogP contribution is 2.17. The Hall–Kier alpha value is -1.79. The van der Waals surface area contributed by atoms with Crippen molar-refractivity contribution in [2.24, 2.45) is 0 Å². The lowest BCUT2D eigenvalue weighted by Crippen LogP contribution is -2.49. The zero-order chi connectivity index (χ0) is 17.4. The van der Waals surface area contributed by atoms with Crippen LogP contribution < -0.4 is 14.8 Å². The van der Waals surface area contributed by atoms with Crippen molar-refractivity contribution in [3.05, 3.63) is 24.3 Å². The van der Waals surface area contributed by atoms with E-state index in [2.05, 4.69) is 10.2 Å². The molecule has 1 amide bonds. The number of amides is 1. The molecule has 134 valence electrons. The number of nitrogens with zero attached hydrogens (tertiary/aromatic N) is 1. The van der Waals surface area contributed by atoms with Crippen molar-refractivity contribution < 1.29 is 19.0 Å². The molecule has 6 nitrogen and oxygen atoms in total. The molecular formula is C18H28N2O4. The van der Waals surface area contributed by atoms with E-state index < -0.39 is 0 Å². The molecule has 0 radical (unpaired) electrons. The van der Waals surface area contributed by atoms with E-state index in [4.69, 9.17) is 14.2 Å². The molecule has 1 aromatic carbocycles. The lowest BCUT2D eigenvalue weighted by molar-refractivity contribution is -0.126. The SMILES string of the molecule is CCOc1ccc(OCCNC(=O)CN2C[C@@H](C)O[C@@H](C)C2)cc1. The number of benzene rings is 1. The second-order valence-corrected chi connectivity index (χ2v) is 6.05. The number of ether oxygens (including phenoxy) is 3. The van der Waals surface area contributed by atoms with Gasteiger partial charge in [0.15, 0.2) is 0 Å². The van der Waals surface area contributed by atoms with Gasteiger partial charge in [0, 0.05) is 13.1 Å². The molecule has 1 aliphatic heterocycles. The monoisotopic (exact) mass is 336 g/mol. The molecule has 1 heterocycles. The average Bonchev–Trinajstić information content (AvgIpc) is 2.52. The van der Waals surface area contributed by atoms with Gasteiger partial charge in [-0.25, -0.2) is 0 Å². The minimum Gasteiger partial charge on any atom is -0.494 e. The topological polar surface area (TPSA) is 60.0 Å². The Bertz CT molecular complexity index is 496. The Morgan fingerprint density at radius 3 is 2.33 bits per heavy atom. The average molecular weight is 336 g/mol. The van der Waals surface area contributed by atoms with Gasteiger partial charge in [0.2, 0.25) is 5.91 Å². The fourth-order valence-electron chi connectivity index (χ4n) is 2.83. The number of carbonyl (C=O) groups excluding carboxylic acids is 1. The van der Waals surface area contributed by atoms with E-state index in [9.17, 15) is 4.79 Å². The van der Waals surface area contributed by atoms with E-state index in [0.29, 0.717) is 26.3 Å². The predicted octanol–water partition coefficient (Wildman–Crippen LogP) is 1.69. The van der Waals surface area contributed by atoms with Gasteiger partial charge >= 0.3 is 0 Å². The molecule has 1 saturated heterocycles. The standard InChI is InChI=1S/C18H28N2O4/c1-4-22-16-5-7-17(8-6-16)23-10-9-19-18(21)13-20-11-14(2)24-15(3)12-20/h5-8,14-15H,4,9-13H2,1-3H3,(H,19,21)/t14-,15+. The molecule has 0 bridgehead atoms. The van der Waals surface area contributed by atoms with Crippen LogP contribution in [-0.2, 0) is 9.53 Å². The summed E-state index contributed by atoms with van der Waals surface area (Å²) in [4.78, 5) is 14.1. The van der Waals surface area contributed by atoms with E-state index in [1.54, 1.807) is 0 Å². The van der Waals surface area contributed by atoms with Crippen LogP contribution in [0.4, 0.5) is 0 Å². The summed E-state index contributed by atoms with van der Waals surface area (Å²) < 4.78 is 16.7. The quantitative estimate of drug-likeness (QED) is 0.732. The van der Waals surface area contributed by atoms with Crippen molar-refractivity contribution in [3.63, 3.8) is 0 Å². The van der Waals surface area contributed by atoms with Crippen molar-refractivity contribution in [1.29, 1.82) is 0 Å². The zero-order valence-electron chi connectivity index (χ0n) is 14.8. The van der Waals surface area contributed by atoms with Gasteiger partial charge in [-0.15, -0.1) is 0 Å².